The van der Waals surface area contributed by atoms with E-state index < -0.39 is 0 Å². The third kappa shape index (κ3) is 3.80. The maximum Gasteiger partial charge on any atom is 0.244 e. The fraction of sp³-hybridized carbons (Fsp3) is 0.278. The first-order valence-corrected chi connectivity index (χ1v) is 7.80. The Kier molecular flexibility index (Phi) is 4.34. The number of furan rings is 1. The van der Waals surface area contributed by atoms with Crippen LogP contribution in [0.1, 0.15) is 36.3 Å². The second kappa shape index (κ2) is 6.41. The average Bonchev–Trinajstić information content (AvgIpc) is 3.05. The Morgan fingerprint density at radius 2 is 2.23 bits per heavy atom. The van der Waals surface area contributed by atoms with Crippen molar-refractivity contribution in [1.82, 2.24) is 5.32 Å². The van der Waals surface area contributed by atoms with Gasteiger partial charge < -0.3 is 9.73 Å². The van der Waals surface area contributed by atoms with Gasteiger partial charge in [0.1, 0.15) is 11.5 Å². The van der Waals surface area contributed by atoms with Crippen LogP contribution in [0.4, 0.5) is 0 Å². The number of carbonyl (C=O) groups excluding carboxylic acids is 1. The molecule has 0 bridgehead atoms. The van der Waals surface area contributed by atoms with Crippen LogP contribution in [0.3, 0.4) is 0 Å². The molecular weight excluding hydrogens is 298 g/mol. The molecule has 1 N–H and O–H groups in total. The summed E-state index contributed by atoms with van der Waals surface area (Å²) in [5, 5.41) is 3.49. The molecule has 1 fully saturated rings. The lowest BCUT2D eigenvalue weighted by molar-refractivity contribution is -0.116. The number of rotatable bonds is 5. The highest BCUT2D eigenvalue weighted by atomic mass is 35.5. The van der Waals surface area contributed by atoms with Crippen LogP contribution >= 0.6 is 11.6 Å². The molecule has 3 nitrogen and oxygen atoms in total. The van der Waals surface area contributed by atoms with E-state index in [1.54, 1.807) is 6.08 Å². The third-order valence-electron chi connectivity index (χ3n) is 3.88. The molecule has 114 valence electrons. The molecule has 1 heterocycles. The van der Waals surface area contributed by atoms with E-state index in [2.05, 4.69) is 12.2 Å². The number of hydrogen-bond donors (Lipinski definition) is 1. The molecule has 0 aliphatic heterocycles. The SMILES string of the molecule is CC1CC1c1ccc(/C=C/C(=O)NCc2cccc(Cl)c2)o1. The maximum absolute atomic E-state index is 11.8. The van der Waals surface area contributed by atoms with E-state index in [1.165, 1.54) is 12.5 Å². The van der Waals surface area contributed by atoms with Gasteiger partial charge in [-0.05, 0) is 48.2 Å². The Morgan fingerprint density at radius 1 is 1.41 bits per heavy atom. The smallest absolute Gasteiger partial charge is 0.244 e. The van der Waals surface area contributed by atoms with E-state index in [9.17, 15) is 4.79 Å². The topological polar surface area (TPSA) is 42.2 Å². The molecule has 2 atom stereocenters. The zero-order valence-electron chi connectivity index (χ0n) is 12.4. The third-order valence-corrected chi connectivity index (χ3v) is 4.11. The van der Waals surface area contributed by atoms with Crippen LogP contribution in [0.25, 0.3) is 6.08 Å². The molecule has 22 heavy (non-hydrogen) atoms. The fourth-order valence-electron chi connectivity index (χ4n) is 2.43. The van der Waals surface area contributed by atoms with E-state index in [0.717, 1.165) is 11.3 Å². The molecule has 0 saturated heterocycles. The largest absolute Gasteiger partial charge is 0.461 e. The number of benzene rings is 1. The standard InChI is InChI=1S/C18H18ClNO2/c1-12-9-16(12)17-7-5-15(22-17)6-8-18(21)20-11-13-3-2-4-14(19)10-13/h2-8,10,12,16H,9,11H2,1H3,(H,20,21)/b8-6+. The van der Waals surface area contributed by atoms with Gasteiger partial charge in [-0.3, -0.25) is 4.79 Å². The lowest BCUT2D eigenvalue weighted by Gasteiger charge is -2.02. The summed E-state index contributed by atoms with van der Waals surface area (Å²) in [4.78, 5) is 11.8. The highest BCUT2D eigenvalue weighted by molar-refractivity contribution is 6.30. The lowest BCUT2D eigenvalue weighted by atomic mass is 10.2. The van der Waals surface area contributed by atoms with Crippen molar-refractivity contribution >= 4 is 23.6 Å². The van der Waals surface area contributed by atoms with Crippen LogP contribution in [0.15, 0.2) is 46.9 Å². The number of hydrogen-bond acceptors (Lipinski definition) is 2. The van der Waals surface area contributed by atoms with Crippen LogP contribution in [-0.4, -0.2) is 5.91 Å². The van der Waals surface area contributed by atoms with E-state index in [1.807, 2.05) is 36.4 Å². The van der Waals surface area contributed by atoms with Crippen molar-refractivity contribution < 1.29 is 9.21 Å². The summed E-state index contributed by atoms with van der Waals surface area (Å²) in [5.41, 5.74) is 0.970. The van der Waals surface area contributed by atoms with Crippen molar-refractivity contribution in [3.8, 4) is 0 Å². The molecule has 3 rings (SSSR count). The Morgan fingerprint density at radius 3 is 2.95 bits per heavy atom. The van der Waals surface area contributed by atoms with Crippen molar-refractivity contribution in [1.29, 1.82) is 0 Å². The molecule has 1 aliphatic carbocycles. The average molecular weight is 316 g/mol. The summed E-state index contributed by atoms with van der Waals surface area (Å²) in [6.45, 7) is 2.67. The summed E-state index contributed by atoms with van der Waals surface area (Å²) in [5.74, 6) is 2.85. The van der Waals surface area contributed by atoms with Crippen molar-refractivity contribution in [3.05, 3.63) is 64.6 Å². The molecule has 0 radical (unpaired) electrons. The van der Waals surface area contributed by atoms with Gasteiger partial charge in [-0.2, -0.15) is 0 Å². The molecule has 1 aromatic heterocycles. The summed E-state index contributed by atoms with van der Waals surface area (Å²) < 4.78 is 5.72. The fourth-order valence-corrected chi connectivity index (χ4v) is 2.64. The van der Waals surface area contributed by atoms with Gasteiger partial charge >= 0.3 is 0 Å². The summed E-state index contributed by atoms with van der Waals surface area (Å²) in [6.07, 6.45) is 4.38. The van der Waals surface area contributed by atoms with Crippen molar-refractivity contribution in [3.63, 3.8) is 0 Å². The first-order chi connectivity index (χ1) is 10.6. The minimum atomic E-state index is -0.155. The number of carbonyl (C=O) groups is 1. The second-order valence-electron chi connectivity index (χ2n) is 5.74. The van der Waals surface area contributed by atoms with Crippen molar-refractivity contribution in [2.45, 2.75) is 25.8 Å². The first kappa shape index (κ1) is 14.9. The minimum absolute atomic E-state index is 0.155. The van der Waals surface area contributed by atoms with Crippen molar-refractivity contribution in [2.75, 3.05) is 0 Å². The van der Waals surface area contributed by atoms with Crippen LogP contribution in [-0.2, 0) is 11.3 Å². The summed E-state index contributed by atoms with van der Waals surface area (Å²) >= 11 is 5.91. The monoisotopic (exact) mass is 315 g/mol. The molecule has 1 saturated carbocycles. The molecule has 2 aromatic rings. The molecule has 4 heteroatoms. The van der Waals surface area contributed by atoms with Gasteiger partial charge in [0.2, 0.25) is 5.91 Å². The zero-order chi connectivity index (χ0) is 15.5. The predicted octanol–water partition coefficient (Wildman–Crippen LogP) is 4.39. The zero-order valence-corrected chi connectivity index (χ0v) is 13.1. The predicted molar refractivity (Wildman–Crippen MR) is 87.6 cm³/mol. The van der Waals surface area contributed by atoms with Crippen LogP contribution in [0, 0.1) is 5.92 Å². The van der Waals surface area contributed by atoms with E-state index in [-0.39, 0.29) is 5.91 Å². The highest BCUT2D eigenvalue weighted by Gasteiger charge is 2.36. The Balaban J connectivity index is 1.51. The molecule has 1 aromatic carbocycles. The molecule has 2 unspecified atom stereocenters. The van der Waals surface area contributed by atoms with Gasteiger partial charge in [0.25, 0.3) is 0 Å². The van der Waals surface area contributed by atoms with Crippen LogP contribution in [0.2, 0.25) is 5.02 Å². The molecule has 1 aliphatic rings. The highest BCUT2D eigenvalue weighted by Crippen LogP contribution is 2.47. The number of nitrogens with one attached hydrogen (secondary N) is 1. The summed E-state index contributed by atoms with van der Waals surface area (Å²) in [7, 11) is 0. The lowest BCUT2D eigenvalue weighted by Crippen LogP contribution is -2.20. The van der Waals surface area contributed by atoms with Gasteiger partial charge in [-0.15, -0.1) is 0 Å². The van der Waals surface area contributed by atoms with E-state index in [4.69, 9.17) is 16.0 Å². The van der Waals surface area contributed by atoms with Crippen LogP contribution < -0.4 is 5.32 Å². The normalized spacial score (nSPS) is 20.3. The second-order valence-corrected chi connectivity index (χ2v) is 6.18. The minimum Gasteiger partial charge on any atom is -0.461 e. The Hall–Kier alpha value is -2.00. The quantitative estimate of drug-likeness (QED) is 0.832. The van der Waals surface area contributed by atoms with Gasteiger partial charge in [-0.25, -0.2) is 0 Å². The van der Waals surface area contributed by atoms with Gasteiger partial charge in [0.05, 0.1) is 0 Å². The van der Waals surface area contributed by atoms with Crippen molar-refractivity contribution in [2.24, 2.45) is 5.92 Å². The Bertz CT molecular complexity index is 705. The van der Waals surface area contributed by atoms with Gasteiger partial charge in [-0.1, -0.05) is 30.7 Å². The number of amides is 1. The maximum atomic E-state index is 11.8. The van der Waals surface area contributed by atoms with E-state index >= 15 is 0 Å². The van der Waals surface area contributed by atoms with Gasteiger partial charge in [0, 0.05) is 23.6 Å². The summed E-state index contributed by atoms with van der Waals surface area (Å²) in [6, 6.07) is 11.3. The molecular formula is C18H18ClNO2. The van der Waals surface area contributed by atoms with E-state index in [0.29, 0.717) is 29.2 Å². The molecule has 0 spiro atoms. The van der Waals surface area contributed by atoms with Crippen LogP contribution in [0.5, 0.6) is 0 Å². The molecule has 1 amide bonds. The first-order valence-electron chi connectivity index (χ1n) is 7.42. The number of halogens is 1. The van der Waals surface area contributed by atoms with Gasteiger partial charge in [0.15, 0.2) is 0 Å². The Labute approximate surface area is 135 Å².